The highest BCUT2D eigenvalue weighted by atomic mass is 32.2. The van der Waals surface area contributed by atoms with Crippen LogP contribution in [-0.4, -0.2) is 31.4 Å². The van der Waals surface area contributed by atoms with Gasteiger partial charge >= 0.3 is 0 Å². The molecule has 2 aromatic carbocycles. The van der Waals surface area contributed by atoms with Crippen molar-refractivity contribution in [2.24, 2.45) is 0 Å². The molecule has 172 valence electrons. The van der Waals surface area contributed by atoms with Gasteiger partial charge in [0.1, 0.15) is 5.82 Å². The van der Waals surface area contributed by atoms with Crippen LogP contribution in [0.15, 0.2) is 84.3 Å². The highest BCUT2D eigenvalue weighted by Crippen LogP contribution is 2.39. The van der Waals surface area contributed by atoms with E-state index in [1.807, 2.05) is 47.0 Å². The van der Waals surface area contributed by atoms with Crippen LogP contribution in [0, 0.1) is 5.82 Å². The molecule has 4 aromatic rings. The first-order valence-electron chi connectivity index (χ1n) is 11.3. The Labute approximate surface area is 201 Å². The minimum absolute atomic E-state index is 0.0817. The Balaban J connectivity index is 1.37. The highest BCUT2D eigenvalue weighted by molar-refractivity contribution is 7.99. The number of aromatic nitrogens is 4. The molecular formula is C26H24FN5OS. The molecule has 0 unspecified atom stereocenters. The molecule has 1 N–H and O–H groups in total. The Kier molecular flexibility index (Phi) is 6.40. The summed E-state index contributed by atoms with van der Waals surface area (Å²) >= 11 is 1.34. The van der Waals surface area contributed by atoms with Crippen molar-refractivity contribution in [1.29, 1.82) is 0 Å². The predicted octanol–water partition coefficient (Wildman–Crippen LogP) is 5.15. The summed E-state index contributed by atoms with van der Waals surface area (Å²) in [5.41, 5.74) is 2.26. The molecule has 1 aliphatic carbocycles. The van der Waals surface area contributed by atoms with Crippen LogP contribution < -0.4 is 5.32 Å². The molecule has 0 atom stereocenters. The van der Waals surface area contributed by atoms with Gasteiger partial charge in [-0.3, -0.25) is 14.3 Å². The number of benzene rings is 2. The summed E-state index contributed by atoms with van der Waals surface area (Å²) in [6.07, 6.45) is 7.22. The number of carbonyl (C=O) groups is 1. The summed E-state index contributed by atoms with van der Waals surface area (Å²) in [7, 11) is 0. The lowest BCUT2D eigenvalue weighted by molar-refractivity contribution is -0.120. The largest absolute Gasteiger partial charge is 0.346 e. The standard InChI is InChI=1S/C26H24FN5OS/c27-21-12-10-20(11-13-21)26(14-4-5-15-26)29-23(33)18-34-25-31-30-24(19-7-6-16-28-17-19)32(25)22-8-2-1-3-9-22/h1-3,6-13,16-17H,4-5,14-15,18H2,(H,29,33). The SMILES string of the molecule is O=C(CSc1nnc(-c2cccnc2)n1-c1ccccc1)NC1(c2ccc(F)cc2)CCCC1. The molecule has 1 amide bonds. The van der Waals surface area contributed by atoms with E-state index in [4.69, 9.17) is 0 Å². The van der Waals surface area contributed by atoms with E-state index in [1.54, 1.807) is 24.5 Å². The topological polar surface area (TPSA) is 72.7 Å². The molecule has 1 fully saturated rings. The number of nitrogens with one attached hydrogen (secondary N) is 1. The van der Waals surface area contributed by atoms with Gasteiger partial charge in [-0.2, -0.15) is 0 Å². The zero-order valence-electron chi connectivity index (χ0n) is 18.5. The van der Waals surface area contributed by atoms with Crippen LogP contribution in [-0.2, 0) is 10.3 Å². The molecule has 0 aliphatic heterocycles. The van der Waals surface area contributed by atoms with Crippen LogP contribution in [0.4, 0.5) is 4.39 Å². The number of amides is 1. The third kappa shape index (κ3) is 4.59. The van der Waals surface area contributed by atoms with Crippen LogP contribution in [0.25, 0.3) is 17.1 Å². The quantitative estimate of drug-likeness (QED) is 0.376. The Bertz CT molecular complexity index is 1260. The van der Waals surface area contributed by atoms with Crippen molar-refractivity contribution in [3.63, 3.8) is 0 Å². The van der Waals surface area contributed by atoms with Crippen molar-refractivity contribution in [3.05, 3.63) is 90.5 Å². The molecule has 1 saturated carbocycles. The second-order valence-corrected chi connectivity index (χ2v) is 9.29. The minimum Gasteiger partial charge on any atom is -0.346 e. The van der Waals surface area contributed by atoms with Crippen molar-refractivity contribution in [2.45, 2.75) is 36.4 Å². The van der Waals surface area contributed by atoms with Crippen LogP contribution in [0.3, 0.4) is 0 Å². The maximum absolute atomic E-state index is 13.5. The van der Waals surface area contributed by atoms with Gasteiger partial charge in [0.2, 0.25) is 5.91 Å². The molecule has 0 spiro atoms. The van der Waals surface area contributed by atoms with E-state index < -0.39 is 5.54 Å². The van der Waals surface area contributed by atoms with Crippen molar-refractivity contribution < 1.29 is 9.18 Å². The van der Waals surface area contributed by atoms with Gasteiger partial charge in [-0.05, 0) is 54.8 Å². The van der Waals surface area contributed by atoms with E-state index in [-0.39, 0.29) is 17.5 Å². The van der Waals surface area contributed by atoms with Gasteiger partial charge in [-0.25, -0.2) is 4.39 Å². The van der Waals surface area contributed by atoms with Gasteiger partial charge in [0.25, 0.3) is 0 Å². The van der Waals surface area contributed by atoms with E-state index in [9.17, 15) is 9.18 Å². The summed E-state index contributed by atoms with van der Waals surface area (Å²) in [5.74, 6) is 0.506. The number of rotatable bonds is 7. The zero-order chi connectivity index (χ0) is 23.4. The second-order valence-electron chi connectivity index (χ2n) is 8.35. The summed E-state index contributed by atoms with van der Waals surface area (Å²) in [4.78, 5) is 17.3. The zero-order valence-corrected chi connectivity index (χ0v) is 19.3. The number of thioether (sulfide) groups is 1. The third-order valence-corrected chi connectivity index (χ3v) is 7.06. The van der Waals surface area contributed by atoms with E-state index >= 15 is 0 Å². The average molecular weight is 474 g/mol. The smallest absolute Gasteiger partial charge is 0.231 e. The van der Waals surface area contributed by atoms with Gasteiger partial charge in [-0.1, -0.05) is 54.9 Å². The van der Waals surface area contributed by atoms with Crippen LogP contribution >= 0.6 is 11.8 Å². The first-order valence-corrected chi connectivity index (χ1v) is 12.2. The van der Waals surface area contributed by atoms with Gasteiger partial charge in [0, 0.05) is 23.6 Å². The van der Waals surface area contributed by atoms with Crippen molar-refractivity contribution in [2.75, 3.05) is 5.75 Å². The van der Waals surface area contributed by atoms with Gasteiger partial charge in [-0.15, -0.1) is 10.2 Å². The number of hydrogen-bond donors (Lipinski definition) is 1. The summed E-state index contributed by atoms with van der Waals surface area (Å²) in [5, 5.41) is 12.7. The van der Waals surface area contributed by atoms with Gasteiger partial charge in [0.15, 0.2) is 11.0 Å². The molecule has 0 saturated heterocycles. The Hall–Kier alpha value is -3.52. The lowest BCUT2D eigenvalue weighted by Crippen LogP contribution is -2.44. The fourth-order valence-corrected chi connectivity index (χ4v) is 5.27. The van der Waals surface area contributed by atoms with Crippen molar-refractivity contribution >= 4 is 17.7 Å². The number of nitrogens with zero attached hydrogens (tertiary/aromatic N) is 4. The molecule has 6 nitrogen and oxygen atoms in total. The van der Waals surface area contributed by atoms with E-state index in [1.165, 1.54) is 23.9 Å². The maximum Gasteiger partial charge on any atom is 0.231 e. The molecule has 34 heavy (non-hydrogen) atoms. The van der Waals surface area contributed by atoms with Gasteiger partial charge < -0.3 is 5.32 Å². The fourth-order valence-electron chi connectivity index (χ4n) is 4.52. The number of para-hydroxylation sites is 1. The molecule has 1 aliphatic rings. The summed E-state index contributed by atoms with van der Waals surface area (Å²) in [6.45, 7) is 0. The van der Waals surface area contributed by atoms with E-state index in [0.717, 1.165) is 42.5 Å². The van der Waals surface area contributed by atoms with Crippen LogP contribution in [0.5, 0.6) is 0 Å². The highest BCUT2D eigenvalue weighted by Gasteiger charge is 2.37. The molecule has 0 bridgehead atoms. The first-order chi connectivity index (χ1) is 16.6. The Morgan fingerprint density at radius 2 is 1.76 bits per heavy atom. The first kappa shape index (κ1) is 22.3. The lowest BCUT2D eigenvalue weighted by Gasteiger charge is -2.31. The van der Waals surface area contributed by atoms with Gasteiger partial charge in [0.05, 0.1) is 11.3 Å². The molecule has 2 heterocycles. The molecule has 2 aromatic heterocycles. The Morgan fingerprint density at radius 3 is 2.47 bits per heavy atom. The number of carbonyl (C=O) groups excluding carboxylic acids is 1. The van der Waals surface area contributed by atoms with E-state index in [2.05, 4.69) is 20.5 Å². The third-order valence-electron chi connectivity index (χ3n) is 6.13. The fraction of sp³-hybridized carbons (Fsp3) is 0.231. The summed E-state index contributed by atoms with van der Waals surface area (Å²) in [6, 6.07) is 20.1. The number of pyridine rings is 1. The van der Waals surface area contributed by atoms with Crippen LogP contribution in [0.1, 0.15) is 31.2 Å². The van der Waals surface area contributed by atoms with Crippen molar-refractivity contribution in [1.82, 2.24) is 25.1 Å². The van der Waals surface area contributed by atoms with E-state index in [0.29, 0.717) is 11.0 Å². The molecule has 5 rings (SSSR count). The monoisotopic (exact) mass is 473 g/mol. The second kappa shape index (κ2) is 9.77. The molecular weight excluding hydrogens is 449 g/mol. The van der Waals surface area contributed by atoms with Crippen molar-refractivity contribution in [3.8, 4) is 17.1 Å². The summed E-state index contributed by atoms with van der Waals surface area (Å²) < 4.78 is 15.4. The van der Waals surface area contributed by atoms with Crippen LogP contribution in [0.2, 0.25) is 0 Å². The number of hydrogen-bond acceptors (Lipinski definition) is 5. The lowest BCUT2D eigenvalue weighted by atomic mass is 9.88. The maximum atomic E-state index is 13.5. The molecule has 8 heteroatoms. The number of halogens is 1. The normalized spacial score (nSPS) is 14.7. The minimum atomic E-state index is -0.445. The predicted molar refractivity (Wildman–Crippen MR) is 130 cm³/mol. The Morgan fingerprint density at radius 1 is 1.00 bits per heavy atom. The molecule has 0 radical (unpaired) electrons. The average Bonchev–Trinajstić information content (AvgIpc) is 3.52.